The van der Waals surface area contributed by atoms with E-state index in [1.807, 2.05) is 32.0 Å². The molecule has 1 aliphatic rings. The van der Waals surface area contributed by atoms with E-state index in [9.17, 15) is 4.79 Å². The van der Waals surface area contributed by atoms with Gasteiger partial charge in [-0.2, -0.15) is 0 Å². The maximum absolute atomic E-state index is 11.7. The minimum Gasteiger partial charge on any atom is -0.483 e. The average Bonchev–Trinajstić information content (AvgIpc) is 2.83. The van der Waals surface area contributed by atoms with E-state index < -0.39 is 0 Å². The summed E-state index contributed by atoms with van der Waals surface area (Å²) in [5, 5.41) is 3.02. The van der Waals surface area contributed by atoms with E-state index in [1.165, 1.54) is 12.8 Å². The van der Waals surface area contributed by atoms with Crippen molar-refractivity contribution < 1.29 is 9.53 Å². The van der Waals surface area contributed by atoms with Crippen LogP contribution < -0.4 is 10.1 Å². The molecule has 0 unspecified atom stereocenters. The van der Waals surface area contributed by atoms with E-state index in [2.05, 4.69) is 5.32 Å². The first-order chi connectivity index (χ1) is 8.65. The number of benzene rings is 1. The van der Waals surface area contributed by atoms with Crippen LogP contribution in [-0.2, 0) is 4.79 Å². The average molecular weight is 247 g/mol. The molecule has 0 bridgehead atoms. The highest BCUT2D eigenvalue weighted by atomic mass is 16.5. The second-order valence-corrected chi connectivity index (χ2v) is 5.11. The van der Waals surface area contributed by atoms with Gasteiger partial charge in [-0.05, 0) is 43.9 Å². The van der Waals surface area contributed by atoms with Gasteiger partial charge < -0.3 is 10.1 Å². The Morgan fingerprint density at radius 1 is 1.33 bits per heavy atom. The van der Waals surface area contributed by atoms with Gasteiger partial charge in [-0.15, -0.1) is 0 Å². The van der Waals surface area contributed by atoms with Crippen LogP contribution in [0.5, 0.6) is 5.75 Å². The molecular formula is C15H21NO2. The zero-order valence-electron chi connectivity index (χ0n) is 11.2. The molecule has 1 aromatic rings. The molecule has 0 spiro atoms. The lowest BCUT2D eigenvalue weighted by molar-refractivity contribution is -0.123. The van der Waals surface area contributed by atoms with Crippen LogP contribution in [0.15, 0.2) is 18.2 Å². The zero-order valence-corrected chi connectivity index (χ0v) is 11.2. The maximum Gasteiger partial charge on any atom is 0.258 e. The Morgan fingerprint density at radius 2 is 2.06 bits per heavy atom. The van der Waals surface area contributed by atoms with Crippen LogP contribution in [0, 0.1) is 13.8 Å². The Bertz CT molecular complexity index is 423. The third-order valence-corrected chi connectivity index (χ3v) is 3.42. The molecule has 98 valence electrons. The third-order valence-electron chi connectivity index (χ3n) is 3.42. The molecule has 0 aliphatic heterocycles. The van der Waals surface area contributed by atoms with Crippen LogP contribution in [0.4, 0.5) is 0 Å². The van der Waals surface area contributed by atoms with Crippen LogP contribution >= 0.6 is 0 Å². The standard InChI is InChI=1S/C15H21NO2/c1-11-7-8-12(2)14(9-11)18-10-15(17)16-13-5-3-4-6-13/h7-9,13H,3-6,10H2,1-2H3,(H,16,17). The molecule has 0 aromatic heterocycles. The van der Waals surface area contributed by atoms with Crippen LogP contribution in [0.1, 0.15) is 36.8 Å². The normalized spacial score (nSPS) is 15.7. The lowest BCUT2D eigenvalue weighted by Gasteiger charge is -2.13. The Kier molecular flexibility index (Phi) is 4.24. The Balaban J connectivity index is 1.83. The van der Waals surface area contributed by atoms with Gasteiger partial charge in [-0.25, -0.2) is 0 Å². The van der Waals surface area contributed by atoms with Gasteiger partial charge in [0.1, 0.15) is 5.75 Å². The predicted octanol–water partition coefficient (Wildman–Crippen LogP) is 2.74. The molecule has 3 nitrogen and oxygen atoms in total. The van der Waals surface area contributed by atoms with E-state index >= 15 is 0 Å². The summed E-state index contributed by atoms with van der Waals surface area (Å²) < 4.78 is 5.58. The van der Waals surface area contributed by atoms with Crippen molar-refractivity contribution in [2.45, 2.75) is 45.6 Å². The van der Waals surface area contributed by atoms with Gasteiger partial charge in [0.15, 0.2) is 6.61 Å². The molecule has 1 N–H and O–H groups in total. The summed E-state index contributed by atoms with van der Waals surface area (Å²) in [4.78, 5) is 11.7. The van der Waals surface area contributed by atoms with Crippen molar-refractivity contribution in [2.24, 2.45) is 0 Å². The second kappa shape index (κ2) is 5.89. The van der Waals surface area contributed by atoms with Crippen LogP contribution in [0.2, 0.25) is 0 Å². The van der Waals surface area contributed by atoms with Crippen molar-refractivity contribution in [3.63, 3.8) is 0 Å². The topological polar surface area (TPSA) is 38.3 Å². The van der Waals surface area contributed by atoms with E-state index in [4.69, 9.17) is 4.74 Å². The first-order valence-electron chi connectivity index (χ1n) is 6.64. The smallest absolute Gasteiger partial charge is 0.258 e. The summed E-state index contributed by atoms with van der Waals surface area (Å²) in [5.41, 5.74) is 2.21. The van der Waals surface area contributed by atoms with E-state index in [0.29, 0.717) is 6.04 Å². The Morgan fingerprint density at radius 3 is 2.78 bits per heavy atom. The quantitative estimate of drug-likeness (QED) is 0.888. The highest BCUT2D eigenvalue weighted by molar-refractivity contribution is 5.77. The van der Waals surface area contributed by atoms with Gasteiger partial charge in [0.05, 0.1) is 0 Å². The molecule has 1 aromatic carbocycles. The Labute approximate surface area is 109 Å². The summed E-state index contributed by atoms with van der Waals surface area (Å²) >= 11 is 0. The first-order valence-corrected chi connectivity index (χ1v) is 6.64. The number of hydrogen-bond acceptors (Lipinski definition) is 2. The number of amides is 1. The summed E-state index contributed by atoms with van der Waals surface area (Å²) in [6.45, 7) is 4.12. The van der Waals surface area contributed by atoms with Gasteiger partial charge in [-0.1, -0.05) is 25.0 Å². The molecule has 3 heteroatoms. The van der Waals surface area contributed by atoms with Crippen molar-refractivity contribution >= 4 is 5.91 Å². The molecule has 0 radical (unpaired) electrons. The second-order valence-electron chi connectivity index (χ2n) is 5.11. The number of ether oxygens (including phenoxy) is 1. The molecule has 0 saturated heterocycles. The largest absolute Gasteiger partial charge is 0.483 e. The molecule has 1 fully saturated rings. The molecule has 0 atom stereocenters. The fourth-order valence-corrected chi connectivity index (χ4v) is 2.35. The highest BCUT2D eigenvalue weighted by Crippen LogP contribution is 2.19. The van der Waals surface area contributed by atoms with E-state index in [-0.39, 0.29) is 12.5 Å². The fourth-order valence-electron chi connectivity index (χ4n) is 2.35. The van der Waals surface area contributed by atoms with Crippen LogP contribution in [0.25, 0.3) is 0 Å². The van der Waals surface area contributed by atoms with Crippen LogP contribution in [0.3, 0.4) is 0 Å². The van der Waals surface area contributed by atoms with E-state index in [1.54, 1.807) is 0 Å². The summed E-state index contributed by atoms with van der Waals surface area (Å²) in [6, 6.07) is 6.39. The lowest BCUT2D eigenvalue weighted by atomic mass is 10.1. The molecule has 1 saturated carbocycles. The van der Waals surface area contributed by atoms with Crippen molar-refractivity contribution in [3.8, 4) is 5.75 Å². The molecule has 0 heterocycles. The van der Waals surface area contributed by atoms with Gasteiger partial charge in [-0.3, -0.25) is 4.79 Å². The fraction of sp³-hybridized carbons (Fsp3) is 0.533. The molecule has 2 rings (SSSR count). The highest BCUT2D eigenvalue weighted by Gasteiger charge is 2.17. The molecule has 18 heavy (non-hydrogen) atoms. The van der Waals surface area contributed by atoms with Gasteiger partial charge >= 0.3 is 0 Å². The minimum absolute atomic E-state index is 0.0113. The predicted molar refractivity (Wildman–Crippen MR) is 71.8 cm³/mol. The minimum atomic E-state index is -0.0113. The van der Waals surface area contributed by atoms with Crippen molar-refractivity contribution in [3.05, 3.63) is 29.3 Å². The van der Waals surface area contributed by atoms with Crippen molar-refractivity contribution in [2.75, 3.05) is 6.61 Å². The SMILES string of the molecule is Cc1ccc(C)c(OCC(=O)NC2CCCC2)c1. The van der Waals surface area contributed by atoms with E-state index in [0.717, 1.165) is 29.7 Å². The number of carbonyl (C=O) groups excluding carboxylic acids is 1. The molecule has 1 aliphatic carbocycles. The summed E-state index contributed by atoms with van der Waals surface area (Å²) in [7, 11) is 0. The number of hydrogen-bond donors (Lipinski definition) is 1. The van der Waals surface area contributed by atoms with Crippen molar-refractivity contribution in [1.82, 2.24) is 5.32 Å². The number of rotatable bonds is 4. The lowest BCUT2D eigenvalue weighted by Crippen LogP contribution is -2.36. The monoisotopic (exact) mass is 247 g/mol. The van der Waals surface area contributed by atoms with Gasteiger partial charge in [0.25, 0.3) is 5.91 Å². The number of carbonyl (C=O) groups is 1. The molecule has 1 amide bonds. The van der Waals surface area contributed by atoms with Crippen LogP contribution in [-0.4, -0.2) is 18.6 Å². The maximum atomic E-state index is 11.7. The summed E-state index contributed by atoms with van der Waals surface area (Å²) in [6.07, 6.45) is 4.66. The first kappa shape index (κ1) is 12.9. The number of aryl methyl sites for hydroxylation is 2. The zero-order chi connectivity index (χ0) is 13.0. The molecular weight excluding hydrogens is 226 g/mol. The Hall–Kier alpha value is -1.51. The third kappa shape index (κ3) is 3.49. The number of nitrogens with one attached hydrogen (secondary N) is 1. The van der Waals surface area contributed by atoms with Gasteiger partial charge in [0.2, 0.25) is 0 Å². The summed E-state index contributed by atoms with van der Waals surface area (Å²) in [5.74, 6) is 0.791. The van der Waals surface area contributed by atoms with Crippen molar-refractivity contribution in [1.29, 1.82) is 0 Å². The van der Waals surface area contributed by atoms with Gasteiger partial charge in [0, 0.05) is 6.04 Å².